The van der Waals surface area contributed by atoms with Crippen molar-refractivity contribution in [2.45, 2.75) is 124 Å². The molecule has 0 fully saturated rings. The number of hydrogen-bond donors (Lipinski definition) is 0. The Morgan fingerprint density at radius 1 is 0.700 bits per heavy atom. The summed E-state index contributed by atoms with van der Waals surface area (Å²) in [6.45, 7) is 10.9. The number of hydrogen-bond acceptors (Lipinski definition) is 2. The molecule has 0 saturated carbocycles. The van der Waals surface area contributed by atoms with Crippen LogP contribution < -0.4 is 12.4 Å². The van der Waals surface area contributed by atoms with Crippen molar-refractivity contribution < 1.29 is 26.4 Å². The van der Waals surface area contributed by atoms with Gasteiger partial charge in [-0.2, -0.15) is 0 Å². The summed E-state index contributed by atoms with van der Waals surface area (Å²) < 4.78 is 6.45. The van der Waals surface area contributed by atoms with Crippen LogP contribution in [0.25, 0.3) is 0 Å². The zero-order valence-electron chi connectivity index (χ0n) is 21.4. The molecule has 0 aromatic carbocycles. The molecule has 0 amide bonds. The van der Waals surface area contributed by atoms with Crippen molar-refractivity contribution >= 4 is 5.97 Å². The maximum atomic E-state index is 12.0. The lowest BCUT2D eigenvalue weighted by Gasteiger charge is -2.30. The normalized spacial score (nSPS) is 11.9. The number of rotatable bonds is 20. The molecule has 4 heteroatoms. The molecule has 0 aromatic rings. The fraction of sp³-hybridized carbons (Fsp3) is 0.962. The highest BCUT2D eigenvalue weighted by Gasteiger charge is 2.27. The number of carbonyl (C=O) groups is 1. The smallest absolute Gasteiger partial charge is 0.311 e. The Balaban J connectivity index is 0. The third-order valence-electron chi connectivity index (χ3n) is 6.48. The Morgan fingerprint density at radius 2 is 1.10 bits per heavy atom. The number of esters is 1. The fourth-order valence-corrected chi connectivity index (χ4v) is 3.57. The van der Waals surface area contributed by atoms with Crippen LogP contribution in [-0.2, 0) is 9.53 Å². The number of halogens is 1. The van der Waals surface area contributed by atoms with Gasteiger partial charge in [-0.1, -0.05) is 90.9 Å². The largest absolute Gasteiger partial charge is 1.00 e. The number of unbranched alkanes of at least 4 members (excludes halogenated alkanes) is 13. The summed E-state index contributed by atoms with van der Waals surface area (Å²) in [5, 5.41) is 0. The highest BCUT2D eigenvalue weighted by atomic mass is 35.5. The van der Waals surface area contributed by atoms with E-state index >= 15 is 0 Å². The van der Waals surface area contributed by atoms with Gasteiger partial charge in [-0.05, 0) is 33.1 Å². The van der Waals surface area contributed by atoms with Crippen LogP contribution in [0.2, 0.25) is 0 Å². The first-order valence-electron chi connectivity index (χ1n) is 12.7. The van der Waals surface area contributed by atoms with E-state index in [0.717, 1.165) is 17.4 Å². The Kier molecular flexibility index (Phi) is 20.6. The van der Waals surface area contributed by atoms with Crippen molar-refractivity contribution in [3.05, 3.63) is 0 Å². The quantitative estimate of drug-likeness (QED) is 0.156. The molecule has 0 atom stereocenters. The van der Waals surface area contributed by atoms with Crippen LogP contribution in [-0.4, -0.2) is 44.2 Å². The molecule has 0 bridgehead atoms. The fourth-order valence-electron chi connectivity index (χ4n) is 3.57. The molecule has 0 aliphatic rings. The maximum absolute atomic E-state index is 12.0. The van der Waals surface area contributed by atoms with E-state index in [1.54, 1.807) is 0 Å². The first-order chi connectivity index (χ1) is 13.7. The van der Waals surface area contributed by atoms with E-state index < -0.39 is 0 Å². The second kappa shape index (κ2) is 19.4. The minimum Gasteiger partial charge on any atom is -1.00 e. The second-order valence-electron chi connectivity index (χ2n) is 10.4. The van der Waals surface area contributed by atoms with Crippen molar-refractivity contribution in [1.29, 1.82) is 0 Å². The molecule has 0 heterocycles. The van der Waals surface area contributed by atoms with Gasteiger partial charge < -0.3 is 21.6 Å². The van der Waals surface area contributed by atoms with Crippen LogP contribution in [0.5, 0.6) is 0 Å². The van der Waals surface area contributed by atoms with Gasteiger partial charge in [0.1, 0.15) is 13.2 Å². The van der Waals surface area contributed by atoms with E-state index in [1.165, 1.54) is 96.4 Å². The van der Waals surface area contributed by atoms with Gasteiger partial charge in [0.15, 0.2) is 0 Å². The summed E-state index contributed by atoms with van der Waals surface area (Å²) in [6, 6.07) is 0. The van der Waals surface area contributed by atoms with Gasteiger partial charge in [-0.3, -0.25) is 4.79 Å². The van der Waals surface area contributed by atoms with E-state index in [1.807, 2.05) is 20.8 Å². The lowest BCUT2D eigenvalue weighted by atomic mass is 9.91. The van der Waals surface area contributed by atoms with Gasteiger partial charge >= 0.3 is 5.97 Å². The highest BCUT2D eigenvalue weighted by molar-refractivity contribution is 5.75. The topological polar surface area (TPSA) is 26.3 Å². The van der Waals surface area contributed by atoms with Crippen LogP contribution in [0.4, 0.5) is 0 Å². The number of likely N-dealkylation sites (N-methyl/N-ethyl adjacent to an activating group) is 1. The molecule has 0 saturated heterocycles. The maximum Gasteiger partial charge on any atom is 0.311 e. The Hall–Kier alpha value is -0.280. The summed E-state index contributed by atoms with van der Waals surface area (Å²) >= 11 is 0. The van der Waals surface area contributed by atoms with Crippen LogP contribution in [0.3, 0.4) is 0 Å². The predicted molar refractivity (Wildman–Crippen MR) is 127 cm³/mol. The van der Waals surface area contributed by atoms with Crippen molar-refractivity contribution in [3.8, 4) is 0 Å². The Labute approximate surface area is 195 Å². The number of ether oxygens (including phenoxy) is 1. The molecular formula is C26H54ClNO2. The molecule has 0 radical (unpaired) electrons. The van der Waals surface area contributed by atoms with Gasteiger partial charge in [0.25, 0.3) is 0 Å². The van der Waals surface area contributed by atoms with Crippen molar-refractivity contribution in [2.24, 2.45) is 5.41 Å². The zero-order valence-corrected chi connectivity index (χ0v) is 22.1. The monoisotopic (exact) mass is 447 g/mol. The van der Waals surface area contributed by atoms with Gasteiger partial charge in [0, 0.05) is 0 Å². The summed E-state index contributed by atoms with van der Waals surface area (Å²) in [5.41, 5.74) is -0.355. The molecule has 0 N–H and O–H groups in total. The standard InChI is InChI=1S/C26H54NO2.ClH/c1-7-9-10-11-12-13-14-15-16-17-18-19-20-21-22-27(5,6)23-24-29-25(28)26(3,4)8-2;/h7-24H2,1-6H3;1H/q+1;/p-1. The first kappa shape index (κ1) is 31.9. The number of quaternary nitrogens is 1. The van der Waals surface area contributed by atoms with E-state index in [4.69, 9.17) is 4.74 Å². The summed E-state index contributed by atoms with van der Waals surface area (Å²) in [5.74, 6) is -0.0588. The Bertz CT molecular complexity index is 396. The minimum absolute atomic E-state index is 0. The van der Waals surface area contributed by atoms with Crippen LogP contribution in [0, 0.1) is 5.41 Å². The minimum atomic E-state index is -0.355. The van der Waals surface area contributed by atoms with Crippen molar-refractivity contribution in [3.63, 3.8) is 0 Å². The van der Waals surface area contributed by atoms with Gasteiger partial charge in [-0.15, -0.1) is 0 Å². The molecule has 0 rings (SSSR count). The Morgan fingerprint density at radius 3 is 1.50 bits per heavy atom. The van der Waals surface area contributed by atoms with Crippen LogP contribution in [0.1, 0.15) is 124 Å². The van der Waals surface area contributed by atoms with Crippen LogP contribution >= 0.6 is 0 Å². The number of carbonyl (C=O) groups excluding carboxylic acids is 1. The van der Waals surface area contributed by atoms with Gasteiger partial charge in [0.2, 0.25) is 0 Å². The van der Waals surface area contributed by atoms with Crippen molar-refractivity contribution in [2.75, 3.05) is 33.8 Å². The second-order valence-corrected chi connectivity index (χ2v) is 10.4. The van der Waals surface area contributed by atoms with E-state index in [-0.39, 0.29) is 23.8 Å². The zero-order chi connectivity index (χ0) is 22.0. The van der Waals surface area contributed by atoms with Crippen LogP contribution in [0.15, 0.2) is 0 Å². The molecule has 0 unspecified atom stereocenters. The molecule has 182 valence electrons. The molecule has 0 aliphatic carbocycles. The lowest BCUT2D eigenvalue weighted by Crippen LogP contribution is -3.00. The van der Waals surface area contributed by atoms with Gasteiger partial charge in [0.05, 0.1) is 26.1 Å². The third kappa shape index (κ3) is 18.5. The average Bonchev–Trinajstić information content (AvgIpc) is 2.67. The molecule has 0 aromatic heterocycles. The predicted octanol–water partition coefficient (Wildman–Crippen LogP) is 4.53. The molecule has 0 aliphatic heterocycles. The van der Waals surface area contributed by atoms with E-state index in [0.29, 0.717) is 6.61 Å². The lowest BCUT2D eigenvalue weighted by molar-refractivity contribution is -0.890. The first-order valence-corrected chi connectivity index (χ1v) is 12.7. The molecule has 0 spiro atoms. The van der Waals surface area contributed by atoms with Gasteiger partial charge in [-0.25, -0.2) is 0 Å². The summed E-state index contributed by atoms with van der Waals surface area (Å²) in [7, 11) is 4.50. The molecule has 30 heavy (non-hydrogen) atoms. The third-order valence-corrected chi connectivity index (χ3v) is 6.48. The van der Waals surface area contributed by atoms with E-state index in [9.17, 15) is 4.79 Å². The summed E-state index contributed by atoms with van der Waals surface area (Å²) in [6.07, 6.45) is 20.5. The summed E-state index contributed by atoms with van der Waals surface area (Å²) in [4.78, 5) is 12.0. The number of nitrogens with zero attached hydrogens (tertiary/aromatic N) is 1. The van der Waals surface area contributed by atoms with E-state index in [2.05, 4.69) is 21.0 Å². The molecular weight excluding hydrogens is 394 g/mol. The SMILES string of the molecule is CCCCCCCCCCCCCCCC[N+](C)(C)CCOC(=O)C(C)(C)CC.[Cl-]. The van der Waals surface area contributed by atoms with Crippen molar-refractivity contribution in [1.82, 2.24) is 0 Å². The highest BCUT2D eigenvalue weighted by Crippen LogP contribution is 2.21. The average molecular weight is 448 g/mol. The molecule has 3 nitrogen and oxygen atoms in total.